The van der Waals surface area contributed by atoms with Crippen molar-refractivity contribution in [3.8, 4) is 0 Å². The van der Waals surface area contributed by atoms with E-state index in [-0.39, 0.29) is 6.17 Å². The summed E-state index contributed by atoms with van der Waals surface area (Å²) < 4.78 is 60.3. The number of nitrogens with one attached hydrogen (secondary N) is 4. The van der Waals surface area contributed by atoms with Crippen LogP contribution >= 0.6 is 0 Å². The second-order valence-corrected chi connectivity index (χ2v) is 7.74. The summed E-state index contributed by atoms with van der Waals surface area (Å²) in [5.74, 6) is -2.42. The maximum absolute atomic E-state index is 14.3. The number of hydrazine groups is 1. The minimum atomic E-state index is -5.02. The molecule has 0 bridgehead atoms. The average Bonchev–Trinajstić information content (AvgIpc) is 3.23. The lowest BCUT2D eigenvalue weighted by atomic mass is 9.81. The highest BCUT2D eigenvalue weighted by atomic mass is 19.4. The zero-order valence-electron chi connectivity index (χ0n) is 16.5. The van der Waals surface area contributed by atoms with Gasteiger partial charge in [-0.25, -0.2) is 15.2 Å². The first-order valence-corrected chi connectivity index (χ1v) is 9.90. The Balaban J connectivity index is 1.57. The van der Waals surface area contributed by atoms with Gasteiger partial charge in [0.05, 0.1) is 25.3 Å². The number of carbonyl (C=O) groups is 2. The lowest BCUT2D eigenvalue weighted by molar-refractivity contribution is -0.352. The first-order chi connectivity index (χ1) is 14.2. The van der Waals surface area contributed by atoms with E-state index < -0.39 is 61.4 Å². The molecule has 2 saturated heterocycles. The van der Waals surface area contributed by atoms with Crippen LogP contribution in [0.3, 0.4) is 0 Å². The molecule has 1 saturated carbocycles. The van der Waals surface area contributed by atoms with Crippen LogP contribution in [0.4, 0.5) is 17.6 Å². The van der Waals surface area contributed by atoms with Gasteiger partial charge in [0, 0.05) is 32.2 Å². The zero-order chi connectivity index (χ0) is 21.9. The lowest BCUT2D eigenvalue weighted by Gasteiger charge is -2.39. The highest BCUT2D eigenvalue weighted by Crippen LogP contribution is 2.34. The summed E-state index contributed by atoms with van der Waals surface area (Å²) in [6, 6.07) is -1.60. The van der Waals surface area contributed by atoms with Gasteiger partial charge in [-0.1, -0.05) is 0 Å². The number of nitrogens with zero attached hydrogens (tertiary/aromatic N) is 1. The quantitative estimate of drug-likeness (QED) is 0.342. The number of halogens is 4. The van der Waals surface area contributed by atoms with E-state index in [1.807, 2.05) is 0 Å². The fourth-order valence-corrected chi connectivity index (χ4v) is 4.20. The normalized spacial score (nSPS) is 35.8. The Bertz CT molecular complexity index is 611. The second kappa shape index (κ2) is 9.73. The minimum absolute atomic E-state index is 0.0667. The van der Waals surface area contributed by atoms with Crippen molar-refractivity contribution >= 4 is 11.9 Å². The fourth-order valence-electron chi connectivity index (χ4n) is 4.20. The topological polar surface area (TPSA) is 104 Å². The Labute approximate surface area is 171 Å². The van der Waals surface area contributed by atoms with E-state index in [0.717, 1.165) is 26.9 Å². The average molecular weight is 441 g/mol. The van der Waals surface area contributed by atoms with Crippen molar-refractivity contribution < 1.29 is 36.6 Å². The second-order valence-electron chi connectivity index (χ2n) is 7.74. The zero-order valence-corrected chi connectivity index (χ0v) is 16.5. The standard InChI is InChI=1S/C17H27F4N5O4/c1-29-16(28)9-6-13(30-17(19,20)21)10(18)7-12(9)23-15(27)11-2-3-14(25-24-11)26-5-4-22-8-26/h9-14,22,24-25H,2-8H2,1H3,(H,23,27). The highest BCUT2D eigenvalue weighted by Gasteiger charge is 2.47. The van der Waals surface area contributed by atoms with Crippen LogP contribution < -0.4 is 21.5 Å². The van der Waals surface area contributed by atoms with E-state index >= 15 is 0 Å². The van der Waals surface area contributed by atoms with Crippen molar-refractivity contribution in [1.29, 1.82) is 0 Å². The number of ether oxygens (including phenoxy) is 2. The molecule has 2 aliphatic heterocycles. The molecule has 0 spiro atoms. The molecule has 4 N–H and O–H groups in total. The molecule has 6 atom stereocenters. The molecule has 30 heavy (non-hydrogen) atoms. The van der Waals surface area contributed by atoms with Crippen molar-refractivity contribution in [3.05, 3.63) is 0 Å². The predicted octanol–water partition coefficient (Wildman–Crippen LogP) is -0.257. The summed E-state index contributed by atoms with van der Waals surface area (Å²) in [6.07, 6.45) is -8.58. The predicted molar refractivity (Wildman–Crippen MR) is 95.2 cm³/mol. The third-order valence-electron chi connectivity index (χ3n) is 5.77. The summed E-state index contributed by atoms with van der Waals surface area (Å²) in [7, 11) is 1.09. The summed E-state index contributed by atoms with van der Waals surface area (Å²) in [5.41, 5.74) is 6.01. The Morgan fingerprint density at radius 2 is 1.93 bits per heavy atom. The SMILES string of the molecule is COC(=O)C1CC(OC(F)(F)F)C(F)CC1NC(=O)C1CCC(N2CCNC2)NN1. The van der Waals surface area contributed by atoms with Gasteiger partial charge in [-0.2, -0.15) is 0 Å². The Morgan fingerprint density at radius 3 is 2.50 bits per heavy atom. The van der Waals surface area contributed by atoms with Crippen LogP contribution in [0.15, 0.2) is 0 Å². The van der Waals surface area contributed by atoms with Crippen LogP contribution in [0.5, 0.6) is 0 Å². The maximum Gasteiger partial charge on any atom is 0.522 e. The lowest BCUT2D eigenvalue weighted by Crippen LogP contribution is -2.63. The smallest absolute Gasteiger partial charge is 0.469 e. The fraction of sp³-hybridized carbons (Fsp3) is 0.882. The third-order valence-corrected chi connectivity index (χ3v) is 5.77. The Hall–Kier alpha value is -1.54. The molecule has 0 aromatic heterocycles. The minimum Gasteiger partial charge on any atom is -0.469 e. The molecule has 0 aromatic rings. The molecule has 2 heterocycles. The van der Waals surface area contributed by atoms with E-state index in [9.17, 15) is 27.2 Å². The van der Waals surface area contributed by atoms with Crippen molar-refractivity contribution in [2.24, 2.45) is 5.92 Å². The van der Waals surface area contributed by atoms with Crippen LogP contribution in [0.2, 0.25) is 0 Å². The van der Waals surface area contributed by atoms with Crippen molar-refractivity contribution in [2.75, 3.05) is 26.9 Å². The van der Waals surface area contributed by atoms with Gasteiger partial charge in [0.2, 0.25) is 5.91 Å². The summed E-state index contributed by atoms with van der Waals surface area (Å²) in [6.45, 7) is 2.53. The summed E-state index contributed by atoms with van der Waals surface area (Å²) in [5, 5.41) is 5.83. The van der Waals surface area contributed by atoms with E-state index in [4.69, 9.17) is 0 Å². The van der Waals surface area contributed by atoms with Gasteiger partial charge in [0.1, 0.15) is 12.2 Å². The first kappa shape index (κ1) is 23.1. The van der Waals surface area contributed by atoms with E-state index in [2.05, 4.69) is 35.9 Å². The van der Waals surface area contributed by atoms with Gasteiger partial charge >= 0.3 is 12.3 Å². The molecule has 3 fully saturated rings. The monoisotopic (exact) mass is 441 g/mol. The number of methoxy groups -OCH3 is 1. The van der Waals surface area contributed by atoms with Gasteiger partial charge in [-0.15, -0.1) is 13.2 Å². The number of hydrogen-bond donors (Lipinski definition) is 4. The van der Waals surface area contributed by atoms with E-state index in [1.54, 1.807) is 0 Å². The molecular formula is C17H27F4N5O4. The number of amides is 1. The molecule has 3 rings (SSSR count). The van der Waals surface area contributed by atoms with Gasteiger partial charge < -0.3 is 15.4 Å². The summed E-state index contributed by atoms with van der Waals surface area (Å²) in [4.78, 5) is 26.9. The highest BCUT2D eigenvalue weighted by molar-refractivity contribution is 5.83. The van der Waals surface area contributed by atoms with Crippen LogP contribution in [0.25, 0.3) is 0 Å². The number of alkyl halides is 4. The molecule has 6 unspecified atom stereocenters. The molecule has 0 radical (unpaired) electrons. The van der Waals surface area contributed by atoms with Crippen molar-refractivity contribution in [2.45, 2.75) is 62.6 Å². The number of rotatable bonds is 5. The maximum atomic E-state index is 14.3. The molecule has 172 valence electrons. The van der Waals surface area contributed by atoms with Crippen LogP contribution in [0, 0.1) is 5.92 Å². The van der Waals surface area contributed by atoms with Crippen LogP contribution in [0.1, 0.15) is 25.7 Å². The third kappa shape index (κ3) is 5.78. The number of esters is 1. The number of hydrogen-bond acceptors (Lipinski definition) is 8. The largest absolute Gasteiger partial charge is 0.522 e. The van der Waals surface area contributed by atoms with Gasteiger partial charge in [0.15, 0.2) is 0 Å². The van der Waals surface area contributed by atoms with Crippen molar-refractivity contribution in [1.82, 2.24) is 26.4 Å². The molecular weight excluding hydrogens is 414 g/mol. The molecule has 13 heteroatoms. The molecule has 9 nitrogen and oxygen atoms in total. The number of carbonyl (C=O) groups excluding carboxylic acids is 2. The van der Waals surface area contributed by atoms with Crippen LogP contribution in [-0.2, 0) is 19.1 Å². The molecule has 0 aromatic carbocycles. The van der Waals surface area contributed by atoms with Gasteiger partial charge in [0.25, 0.3) is 0 Å². The molecule has 1 aliphatic carbocycles. The van der Waals surface area contributed by atoms with E-state index in [0.29, 0.717) is 12.8 Å². The van der Waals surface area contributed by atoms with Gasteiger partial charge in [-0.3, -0.25) is 19.2 Å². The molecule has 3 aliphatic rings. The van der Waals surface area contributed by atoms with Crippen LogP contribution in [-0.4, -0.2) is 80.5 Å². The summed E-state index contributed by atoms with van der Waals surface area (Å²) >= 11 is 0. The van der Waals surface area contributed by atoms with E-state index in [1.165, 1.54) is 0 Å². The Morgan fingerprint density at radius 1 is 1.17 bits per heavy atom. The first-order valence-electron chi connectivity index (χ1n) is 9.90. The van der Waals surface area contributed by atoms with Crippen molar-refractivity contribution in [3.63, 3.8) is 0 Å². The Kier molecular flexibility index (Phi) is 7.50. The van der Waals surface area contributed by atoms with Gasteiger partial charge in [-0.05, 0) is 19.3 Å². The molecule has 1 amide bonds.